The molecular formula is C15H22N2O3S. The number of amides is 1. The number of nitrogens with zero attached hydrogens (tertiary/aromatic N) is 2. The number of hydrogen-bond donors (Lipinski definition) is 0. The molecular weight excluding hydrogens is 288 g/mol. The van der Waals surface area contributed by atoms with Gasteiger partial charge in [0.2, 0.25) is 15.9 Å². The van der Waals surface area contributed by atoms with E-state index >= 15 is 0 Å². The maximum atomic E-state index is 12.4. The minimum absolute atomic E-state index is 0.0279. The van der Waals surface area contributed by atoms with Crippen LogP contribution < -0.4 is 0 Å². The van der Waals surface area contributed by atoms with Crippen LogP contribution in [0.2, 0.25) is 0 Å². The van der Waals surface area contributed by atoms with Crippen LogP contribution in [0.1, 0.15) is 18.4 Å². The summed E-state index contributed by atoms with van der Waals surface area (Å²) in [6, 6.07) is 9.19. The summed E-state index contributed by atoms with van der Waals surface area (Å²) in [5, 5.41) is 0. The Balaban J connectivity index is 1.96. The van der Waals surface area contributed by atoms with Gasteiger partial charge in [-0.05, 0) is 18.4 Å². The number of sulfonamides is 1. The van der Waals surface area contributed by atoms with Crippen molar-refractivity contribution in [3.63, 3.8) is 0 Å². The topological polar surface area (TPSA) is 57.7 Å². The molecule has 5 nitrogen and oxygen atoms in total. The summed E-state index contributed by atoms with van der Waals surface area (Å²) in [4.78, 5) is 13.5. The summed E-state index contributed by atoms with van der Waals surface area (Å²) in [7, 11) is 0.177. The van der Waals surface area contributed by atoms with Gasteiger partial charge in [-0.1, -0.05) is 30.3 Å². The van der Waals surface area contributed by atoms with Crippen LogP contribution in [0.4, 0.5) is 0 Å². The molecule has 116 valence electrons. The number of carbonyl (C=O) groups is 1. The van der Waals surface area contributed by atoms with Crippen LogP contribution in [0.15, 0.2) is 30.3 Å². The zero-order valence-corrected chi connectivity index (χ0v) is 13.3. The summed E-state index contributed by atoms with van der Waals surface area (Å²) in [6.07, 6.45) is 1.20. The first kappa shape index (κ1) is 16.0. The number of hydrogen-bond acceptors (Lipinski definition) is 3. The van der Waals surface area contributed by atoms with Crippen molar-refractivity contribution < 1.29 is 13.2 Å². The lowest BCUT2D eigenvalue weighted by Gasteiger charge is -2.31. The molecule has 21 heavy (non-hydrogen) atoms. The molecule has 0 unspecified atom stereocenters. The number of piperidine rings is 1. The molecule has 1 aliphatic rings. The minimum Gasteiger partial charge on any atom is -0.349 e. The maximum absolute atomic E-state index is 12.4. The Hall–Kier alpha value is -1.40. The summed E-state index contributed by atoms with van der Waals surface area (Å²) in [5.41, 5.74) is 0.795. The maximum Gasteiger partial charge on any atom is 0.225 e. The van der Waals surface area contributed by atoms with E-state index in [1.807, 2.05) is 30.3 Å². The molecule has 2 rings (SSSR count). The highest BCUT2D eigenvalue weighted by atomic mass is 32.2. The average Bonchev–Trinajstić information content (AvgIpc) is 2.47. The van der Waals surface area contributed by atoms with Crippen molar-refractivity contribution in [1.29, 1.82) is 0 Å². The molecule has 1 aliphatic heterocycles. The standard InChI is InChI=1S/C15H22N2O3S/c1-16(2)15(18)14-8-10-17(11-9-14)21(19,20)12-13-6-4-3-5-7-13/h3-7,14H,8-12H2,1-2H3. The van der Waals surface area contributed by atoms with Gasteiger partial charge in [0, 0.05) is 33.1 Å². The lowest BCUT2D eigenvalue weighted by Crippen LogP contribution is -2.43. The molecule has 0 aromatic heterocycles. The second-order valence-electron chi connectivity index (χ2n) is 5.65. The molecule has 0 bridgehead atoms. The highest BCUT2D eigenvalue weighted by Crippen LogP contribution is 2.22. The monoisotopic (exact) mass is 310 g/mol. The smallest absolute Gasteiger partial charge is 0.225 e. The average molecular weight is 310 g/mol. The van der Waals surface area contributed by atoms with Crippen molar-refractivity contribution in [2.75, 3.05) is 27.2 Å². The summed E-state index contributed by atoms with van der Waals surface area (Å²) in [6.45, 7) is 0.860. The van der Waals surface area contributed by atoms with Gasteiger partial charge in [-0.3, -0.25) is 4.79 Å². The highest BCUT2D eigenvalue weighted by molar-refractivity contribution is 7.88. The third-order valence-electron chi connectivity index (χ3n) is 3.83. The third kappa shape index (κ3) is 4.04. The third-order valence-corrected chi connectivity index (χ3v) is 5.68. The Bertz CT molecular complexity index is 576. The summed E-state index contributed by atoms with van der Waals surface area (Å²) in [5.74, 6) is 0.0680. The van der Waals surface area contributed by atoms with Gasteiger partial charge in [-0.15, -0.1) is 0 Å². The van der Waals surface area contributed by atoms with Crippen LogP contribution in [-0.2, 0) is 20.6 Å². The van der Waals surface area contributed by atoms with Gasteiger partial charge in [-0.25, -0.2) is 12.7 Å². The first-order valence-electron chi connectivity index (χ1n) is 7.13. The zero-order chi connectivity index (χ0) is 15.5. The molecule has 0 saturated carbocycles. The van der Waals surface area contributed by atoms with E-state index < -0.39 is 10.0 Å². The largest absolute Gasteiger partial charge is 0.349 e. The molecule has 0 N–H and O–H groups in total. The van der Waals surface area contributed by atoms with Gasteiger partial charge in [0.25, 0.3) is 0 Å². The van der Waals surface area contributed by atoms with Crippen molar-refractivity contribution in [1.82, 2.24) is 9.21 Å². The molecule has 1 aromatic carbocycles. The predicted molar refractivity (Wildman–Crippen MR) is 82.1 cm³/mol. The van der Waals surface area contributed by atoms with E-state index in [-0.39, 0.29) is 17.6 Å². The Morgan fingerprint density at radius 1 is 1.19 bits per heavy atom. The van der Waals surface area contributed by atoms with Gasteiger partial charge < -0.3 is 4.90 Å². The minimum atomic E-state index is -3.30. The SMILES string of the molecule is CN(C)C(=O)C1CCN(S(=O)(=O)Cc2ccccc2)CC1. The molecule has 0 aliphatic carbocycles. The second-order valence-corrected chi connectivity index (χ2v) is 7.62. The van der Waals surface area contributed by atoms with Gasteiger partial charge in [0.05, 0.1) is 5.75 Å². The fourth-order valence-electron chi connectivity index (χ4n) is 2.62. The first-order valence-corrected chi connectivity index (χ1v) is 8.74. The Morgan fingerprint density at radius 2 is 1.76 bits per heavy atom. The van der Waals surface area contributed by atoms with Crippen LogP contribution in [-0.4, -0.2) is 50.7 Å². The molecule has 0 atom stereocenters. The van der Waals surface area contributed by atoms with Gasteiger partial charge in [0.15, 0.2) is 0 Å². The highest BCUT2D eigenvalue weighted by Gasteiger charge is 2.31. The molecule has 6 heteroatoms. The normalized spacial score (nSPS) is 17.6. The summed E-state index contributed by atoms with van der Waals surface area (Å²) >= 11 is 0. The van der Waals surface area contributed by atoms with E-state index in [0.717, 1.165) is 5.56 Å². The first-order chi connectivity index (χ1) is 9.90. The van der Waals surface area contributed by atoms with Crippen molar-refractivity contribution in [3.8, 4) is 0 Å². The van der Waals surface area contributed by atoms with Crippen molar-refractivity contribution in [2.24, 2.45) is 5.92 Å². The van der Waals surface area contributed by atoms with Gasteiger partial charge in [0.1, 0.15) is 0 Å². The Kier molecular flexibility index (Phi) is 5.00. The quantitative estimate of drug-likeness (QED) is 0.843. The van der Waals surface area contributed by atoms with Crippen molar-refractivity contribution >= 4 is 15.9 Å². The molecule has 1 fully saturated rings. The van der Waals surface area contributed by atoms with Crippen LogP contribution in [0, 0.1) is 5.92 Å². The van der Waals surface area contributed by atoms with Gasteiger partial charge >= 0.3 is 0 Å². The van der Waals surface area contributed by atoms with Crippen molar-refractivity contribution in [2.45, 2.75) is 18.6 Å². The van der Waals surface area contributed by atoms with Crippen LogP contribution in [0.25, 0.3) is 0 Å². The van der Waals surface area contributed by atoms with E-state index in [9.17, 15) is 13.2 Å². The van der Waals surface area contributed by atoms with Gasteiger partial charge in [-0.2, -0.15) is 0 Å². The van der Waals surface area contributed by atoms with E-state index in [1.165, 1.54) is 4.31 Å². The number of carbonyl (C=O) groups excluding carboxylic acids is 1. The molecule has 1 heterocycles. The number of benzene rings is 1. The Morgan fingerprint density at radius 3 is 2.29 bits per heavy atom. The van der Waals surface area contributed by atoms with Crippen LogP contribution in [0.3, 0.4) is 0 Å². The van der Waals surface area contributed by atoms with E-state index in [4.69, 9.17) is 0 Å². The van der Waals surface area contributed by atoms with Crippen LogP contribution >= 0.6 is 0 Å². The zero-order valence-electron chi connectivity index (χ0n) is 12.5. The lowest BCUT2D eigenvalue weighted by atomic mass is 9.97. The predicted octanol–water partition coefficient (Wildman–Crippen LogP) is 1.32. The fraction of sp³-hybridized carbons (Fsp3) is 0.533. The van der Waals surface area contributed by atoms with E-state index in [1.54, 1.807) is 19.0 Å². The number of rotatable bonds is 4. The molecule has 1 amide bonds. The molecule has 1 saturated heterocycles. The lowest BCUT2D eigenvalue weighted by molar-refractivity contribution is -0.134. The second kappa shape index (κ2) is 6.58. The van der Waals surface area contributed by atoms with Crippen LogP contribution in [0.5, 0.6) is 0 Å². The fourth-order valence-corrected chi connectivity index (χ4v) is 4.19. The molecule has 0 spiro atoms. The van der Waals surface area contributed by atoms with E-state index in [2.05, 4.69) is 0 Å². The summed E-state index contributed by atoms with van der Waals surface area (Å²) < 4.78 is 26.3. The molecule has 0 radical (unpaired) electrons. The van der Waals surface area contributed by atoms with E-state index in [0.29, 0.717) is 25.9 Å². The molecule has 1 aromatic rings. The van der Waals surface area contributed by atoms with Crippen molar-refractivity contribution in [3.05, 3.63) is 35.9 Å². The Labute approximate surface area is 126 Å².